The van der Waals surface area contributed by atoms with E-state index in [-0.39, 0.29) is 5.91 Å². The summed E-state index contributed by atoms with van der Waals surface area (Å²) in [7, 11) is 1.61. The number of anilines is 1. The first kappa shape index (κ1) is 18.7. The van der Waals surface area contributed by atoms with Crippen LogP contribution in [-0.4, -0.2) is 38.3 Å². The third-order valence-corrected chi connectivity index (χ3v) is 4.61. The Morgan fingerprint density at radius 2 is 2.04 bits per heavy atom. The minimum absolute atomic E-state index is 0.0801. The average molecular weight is 334 g/mol. The minimum atomic E-state index is -0.741. The number of benzene rings is 1. The van der Waals surface area contributed by atoms with Crippen LogP contribution in [0.25, 0.3) is 0 Å². The summed E-state index contributed by atoms with van der Waals surface area (Å²) in [6.45, 7) is 8.63. The van der Waals surface area contributed by atoms with Gasteiger partial charge in [0, 0.05) is 18.9 Å². The monoisotopic (exact) mass is 334 g/mol. The summed E-state index contributed by atoms with van der Waals surface area (Å²) in [5.74, 6) is 1.35. The van der Waals surface area contributed by atoms with Gasteiger partial charge >= 0.3 is 0 Å². The number of aryl methyl sites for hydroxylation is 1. The quantitative estimate of drug-likeness (QED) is 0.804. The smallest absolute Gasteiger partial charge is 0.256 e. The lowest BCUT2D eigenvalue weighted by Crippen LogP contribution is -2.51. The summed E-state index contributed by atoms with van der Waals surface area (Å²) in [5, 5.41) is 6.26. The zero-order valence-electron chi connectivity index (χ0n) is 15.3. The third-order valence-electron chi connectivity index (χ3n) is 4.61. The fraction of sp³-hybridized carbons (Fsp3) is 0.632. The van der Waals surface area contributed by atoms with Crippen LogP contribution in [0.4, 0.5) is 5.69 Å². The van der Waals surface area contributed by atoms with Gasteiger partial charge in [-0.3, -0.25) is 4.79 Å². The molecule has 0 bridgehead atoms. The predicted molar refractivity (Wildman–Crippen MR) is 96.6 cm³/mol. The van der Waals surface area contributed by atoms with E-state index in [9.17, 15) is 4.79 Å². The highest BCUT2D eigenvalue weighted by molar-refractivity contribution is 5.97. The Labute approximate surface area is 145 Å². The van der Waals surface area contributed by atoms with E-state index in [2.05, 4.69) is 24.5 Å². The number of piperidine rings is 1. The first-order chi connectivity index (χ1) is 11.5. The maximum Gasteiger partial charge on any atom is 0.256 e. The van der Waals surface area contributed by atoms with E-state index in [1.807, 2.05) is 25.1 Å². The molecule has 1 heterocycles. The van der Waals surface area contributed by atoms with Gasteiger partial charge in [0.15, 0.2) is 0 Å². The highest BCUT2D eigenvalue weighted by Crippen LogP contribution is 2.27. The van der Waals surface area contributed by atoms with Gasteiger partial charge in [0.25, 0.3) is 5.91 Å². The zero-order chi connectivity index (χ0) is 17.6. The van der Waals surface area contributed by atoms with Crippen LogP contribution in [-0.2, 0) is 9.53 Å². The van der Waals surface area contributed by atoms with Gasteiger partial charge in [0.2, 0.25) is 0 Å². The molecule has 1 aliphatic heterocycles. The van der Waals surface area contributed by atoms with E-state index in [0.717, 1.165) is 36.5 Å². The van der Waals surface area contributed by atoms with Crippen LogP contribution >= 0.6 is 0 Å². The Morgan fingerprint density at radius 3 is 2.67 bits per heavy atom. The van der Waals surface area contributed by atoms with Crippen molar-refractivity contribution < 1.29 is 14.3 Å². The van der Waals surface area contributed by atoms with E-state index in [1.54, 1.807) is 7.11 Å². The molecule has 1 aliphatic rings. The number of methoxy groups -OCH3 is 1. The molecule has 5 nitrogen and oxygen atoms in total. The summed E-state index contributed by atoms with van der Waals surface area (Å²) in [6.07, 6.45) is 2.37. The van der Waals surface area contributed by atoms with Crippen LogP contribution in [0.3, 0.4) is 0 Å². The lowest BCUT2D eigenvalue weighted by Gasteiger charge is -2.34. The molecule has 2 N–H and O–H groups in total. The van der Waals surface area contributed by atoms with Gasteiger partial charge in [-0.1, -0.05) is 19.9 Å². The van der Waals surface area contributed by atoms with E-state index in [4.69, 9.17) is 9.47 Å². The molecule has 0 saturated carbocycles. The van der Waals surface area contributed by atoms with Gasteiger partial charge in [-0.15, -0.1) is 0 Å². The fourth-order valence-corrected chi connectivity index (χ4v) is 2.84. The molecule has 0 radical (unpaired) electrons. The Hall–Kier alpha value is -1.59. The van der Waals surface area contributed by atoms with Crippen molar-refractivity contribution >= 4 is 11.6 Å². The largest absolute Gasteiger partial charge is 0.493 e. The second-order valence-corrected chi connectivity index (χ2v) is 6.91. The topological polar surface area (TPSA) is 59.6 Å². The second-order valence-electron chi connectivity index (χ2n) is 6.91. The van der Waals surface area contributed by atoms with Gasteiger partial charge in [-0.25, -0.2) is 0 Å². The molecule has 1 aromatic carbocycles. The zero-order valence-corrected chi connectivity index (χ0v) is 15.3. The summed E-state index contributed by atoms with van der Waals surface area (Å²) in [4.78, 5) is 12.7. The van der Waals surface area contributed by atoms with Crippen LogP contribution in [0.5, 0.6) is 5.75 Å². The Bertz CT molecular complexity index is 552. The molecule has 1 fully saturated rings. The van der Waals surface area contributed by atoms with Crippen molar-refractivity contribution in [3.63, 3.8) is 0 Å². The number of hydrogen-bond donors (Lipinski definition) is 2. The van der Waals surface area contributed by atoms with Crippen molar-refractivity contribution in [1.82, 2.24) is 5.32 Å². The van der Waals surface area contributed by atoms with Crippen molar-refractivity contribution in [3.8, 4) is 5.75 Å². The van der Waals surface area contributed by atoms with Crippen molar-refractivity contribution in [3.05, 3.63) is 23.8 Å². The van der Waals surface area contributed by atoms with Crippen molar-refractivity contribution in [2.45, 2.75) is 45.6 Å². The van der Waals surface area contributed by atoms with Crippen LogP contribution in [0, 0.1) is 12.8 Å². The number of rotatable bonds is 7. The van der Waals surface area contributed by atoms with Crippen LogP contribution in [0.2, 0.25) is 0 Å². The summed E-state index contributed by atoms with van der Waals surface area (Å²) < 4.78 is 11.4. The number of amides is 1. The first-order valence-electron chi connectivity index (χ1n) is 8.77. The Morgan fingerprint density at radius 1 is 1.33 bits per heavy atom. The number of ether oxygens (including phenoxy) is 2. The van der Waals surface area contributed by atoms with E-state index in [1.165, 1.54) is 0 Å². The van der Waals surface area contributed by atoms with Crippen molar-refractivity contribution in [1.29, 1.82) is 0 Å². The Kier molecular flexibility index (Phi) is 6.63. The number of carbonyl (C=O) groups excluding carboxylic acids is 1. The number of nitrogens with one attached hydrogen (secondary N) is 2. The molecular weight excluding hydrogens is 304 g/mol. The van der Waals surface area contributed by atoms with Crippen molar-refractivity contribution in [2.24, 2.45) is 5.92 Å². The van der Waals surface area contributed by atoms with Gasteiger partial charge < -0.3 is 20.1 Å². The second kappa shape index (κ2) is 8.49. The number of hydrogen-bond acceptors (Lipinski definition) is 4. The van der Waals surface area contributed by atoms with Gasteiger partial charge in [0.1, 0.15) is 11.4 Å². The highest BCUT2D eigenvalue weighted by Gasteiger charge is 2.39. The molecule has 1 aromatic rings. The van der Waals surface area contributed by atoms with Gasteiger partial charge in [-0.05, 0) is 56.8 Å². The molecule has 2 rings (SSSR count). The van der Waals surface area contributed by atoms with Crippen LogP contribution in [0.15, 0.2) is 18.2 Å². The normalized spacial score (nSPS) is 16.9. The molecule has 0 spiro atoms. The Balaban J connectivity index is 2.04. The lowest BCUT2D eigenvalue weighted by molar-refractivity contribution is -0.140. The van der Waals surface area contributed by atoms with Crippen molar-refractivity contribution in [2.75, 3.05) is 32.1 Å². The molecule has 24 heavy (non-hydrogen) atoms. The average Bonchev–Trinajstić information content (AvgIpc) is 2.58. The van der Waals surface area contributed by atoms with E-state index in [0.29, 0.717) is 25.4 Å². The van der Waals surface area contributed by atoms with Crippen LogP contribution in [0.1, 0.15) is 38.7 Å². The summed E-state index contributed by atoms with van der Waals surface area (Å²) in [5.41, 5.74) is 1.08. The van der Waals surface area contributed by atoms with E-state index < -0.39 is 5.60 Å². The standard InChI is InChI=1S/C19H30N2O3/c1-14(2)7-12-24-17-13-16(6-5-15(17)3)21-18(22)19(23-4)8-10-20-11-9-19/h5-6,13-14,20H,7-12H2,1-4H3,(H,21,22). The summed E-state index contributed by atoms with van der Waals surface area (Å²) >= 11 is 0. The van der Waals surface area contributed by atoms with Crippen LogP contribution < -0.4 is 15.4 Å². The molecule has 0 aliphatic carbocycles. The fourth-order valence-electron chi connectivity index (χ4n) is 2.84. The summed E-state index contributed by atoms with van der Waals surface area (Å²) in [6, 6.07) is 5.78. The van der Waals surface area contributed by atoms with E-state index >= 15 is 0 Å². The SMILES string of the molecule is COC1(C(=O)Nc2ccc(C)c(OCCC(C)C)c2)CCNCC1. The molecule has 1 amide bonds. The minimum Gasteiger partial charge on any atom is -0.493 e. The third kappa shape index (κ3) is 4.71. The molecule has 1 saturated heterocycles. The first-order valence-corrected chi connectivity index (χ1v) is 8.77. The maximum absolute atomic E-state index is 12.7. The number of carbonyl (C=O) groups is 1. The molecule has 134 valence electrons. The highest BCUT2D eigenvalue weighted by atomic mass is 16.5. The predicted octanol–water partition coefficient (Wildman–Crippen LogP) is 3.13. The lowest BCUT2D eigenvalue weighted by atomic mass is 9.91. The molecule has 0 unspecified atom stereocenters. The van der Waals surface area contributed by atoms with Gasteiger partial charge in [-0.2, -0.15) is 0 Å². The molecule has 0 aromatic heterocycles. The van der Waals surface area contributed by atoms with Gasteiger partial charge in [0.05, 0.1) is 6.61 Å². The molecule has 5 heteroatoms. The maximum atomic E-state index is 12.7. The molecular formula is C19H30N2O3. The molecule has 0 atom stereocenters.